The Morgan fingerprint density at radius 3 is 2.50 bits per heavy atom. The number of fused-ring (bicyclic) bond motifs is 1. The summed E-state index contributed by atoms with van der Waals surface area (Å²) in [7, 11) is 1.56. The largest absolute Gasteiger partial charge is 0.497 e. The lowest BCUT2D eigenvalue weighted by atomic mass is 9.85. The number of likely N-dealkylation sites (tertiary alicyclic amines) is 1. The monoisotopic (exact) mass is 328 g/mol. The summed E-state index contributed by atoms with van der Waals surface area (Å²) in [4.78, 5) is 38.0. The van der Waals surface area contributed by atoms with Crippen molar-refractivity contribution in [2.45, 2.75) is 19.3 Å². The molecule has 6 heteroatoms. The van der Waals surface area contributed by atoms with Gasteiger partial charge in [0.2, 0.25) is 17.7 Å². The van der Waals surface area contributed by atoms with Gasteiger partial charge in [0.1, 0.15) is 5.75 Å². The minimum Gasteiger partial charge on any atom is -0.497 e. The van der Waals surface area contributed by atoms with Crippen LogP contribution in [-0.2, 0) is 14.4 Å². The first kappa shape index (κ1) is 16.2. The van der Waals surface area contributed by atoms with E-state index in [1.54, 1.807) is 31.4 Å². The fraction of sp³-hybridized carbons (Fsp3) is 0.389. The van der Waals surface area contributed by atoms with Crippen molar-refractivity contribution in [1.29, 1.82) is 0 Å². The number of carbonyl (C=O) groups excluding carboxylic acids is 3. The number of rotatable bonds is 5. The fourth-order valence-electron chi connectivity index (χ4n) is 3.23. The number of hydrogen-bond acceptors (Lipinski definition) is 4. The fourth-order valence-corrected chi connectivity index (χ4v) is 3.23. The topological polar surface area (TPSA) is 75.7 Å². The summed E-state index contributed by atoms with van der Waals surface area (Å²) >= 11 is 0. The second kappa shape index (κ2) is 6.86. The second-order valence-corrected chi connectivity index (χ2v) is 6.01. The van der Waals surface area contributed by atoms with Crippen molar-refractivity contribution in [3.63, 3.8) is 0 Å². The van der Waals surface area contributed by atoms with Gasteiger partial charge in [0.05, 0.1) is 18.9 Å². The van der Waals surface area contributed by atoms with Crippen molar-refractivity contribution in [3.05, 3.63) is 36.4 Å². The number of imide groups is 1. The summed E-state index contributed by atoms with van der Waals surface area (Å²) in [6.07, 6.45) is 5.21. The zero-order valence-electron chi connectivity index (χ0n) is 13.5. The van der Waals surface area contributed by atoms with Crippen LogP contribution in [0.5, 0.6) is 5.75 Å². The van der Waals surface area contributed by atoms with Crippen LogP contribution in [0, 0.1) is 11.8 Å². The average molecular weight is 328 g/mol. The summed E-state index contributed by atoms with van der Waals surface area (Å²) in [6.45, 7) is 0.125. The molecule has 24 heavy (non-hydrogen) atoms. The highest BCUT2D eigenvalue weighted by Crippen LogP contribution is 2.35. The Labute approximate surface area is 140 Å². The lowest BCUT2D eigenvalue weighted by Crippen LogP contribution is -2.34. The van der Waals surface area contributed by atoms with E-state index in [1.165, 1.54) is 4.90 Å². The standard InChI is InChI=1S/C18H20N2O4/c1-24-13-6-4-5-12(11-13)19-16(21)9-10-20-17(22)14-7-2-3-8-15(14)18(20)23/h2-6,11,14-15H,7-10H2,1H3,(H,19,21)/t14-,15-/m1/s1. The van der Waals surface area contributed by atoms with Crippen molar-refractivity contribution < 1.29 is 19.1 Å². The highest BCUT2D eigenvalue weighted by atomic mass is 16.5. The molecule has 1 aliphatic carbocycles. The minimum atomic E-state index is -0.246. The molecule has 0 spiro atoms. The lowest BCUT2D eigenvalue weighted by molar-refractivity contribution is -0.140. The quantitative estimate of drug-likeness (QED) is 0.662. The molecular weight excluding hydrogens is 308 g/mol. The lowest BCUT2D eigenvalue weighted by Gasteiger charge is -2.14. The number of allylic oxidation sites excluding steroid dienone is 2. The molecule has 1 heterocycles. The number of carbonyl (C=O) groups is 3. The number of benzene rings is 1. The molecule has 1 fully saturated rings. The summed E-state index contributed by atoms with van der Waals surface area (Å²) < 4.78 is 5.11. The Kier molecular flexibility index (Phi) is 4.64. The number of hydrogen-bond donors (Lipinski definition) is 1. The smallest absolute Gasteiger partial charge is 0.233 e. The first-order valence-electron chi connectivity index (χ1n) is 8.04. The van der Waals surface area contributed by atoms with E-state index in [9.17, 15) is 14.4 Å². The number of anilines is 1. The van der Waals surface area contributed by atoms with Crippen molar-refractivity contribution in [2.75, 3.05) is 19.0 Å². The van der Waals surface area contributed by atoms with Crippen LogP contribution in [0.2, 0.25) is 0 Å². The van der Waals surface area contributed by atoms with E-state index in [1.807, 2.05) is 12.2 Å². The third-order valence-electron chi connectivity index (χ3n) is 4.51. The Balaban J connectivity index is 1.56. The molecule has 2 atom stereocenters. The number of nitrogens with zero attached hydrogens (tertiary/aromatic N) is 1. The maximum atomic E-state index is 12.3. The van der Waals surface area contributed by atoms with Crippen molar-refractivity contribution in [2.24, 2.45) is 11.8 Å². The van der Waals surface area contributed by atoms with E-state index in [4.69, 9.17) is 4.74 Å². The Morgan fingerprint density at radius 2 is 1.88 bits per heavy atom. The number of amides is 3. The van der Waals surface area contributed by atoms with Crippen LogP contribution in [0.15, 0.2) is 36.4 Å². The number of nitrogens with one attached hydrogen (secondary N) is 1. The summed E-state index contributed by atoms with van der Waals surface area (Å²) in [5.74, 6) is -0.383. The third kappa shape index (κ3) is 3.18. The van der Waals surface area contributed by atoms with Gasteiger partial charge in [-0.1, -0.05) is 18.2 Å². The van der Waals surface area contributed by atoms with Crippen LogP contribution in [0.4, 0.5) is 5.69 Å². The molecule has 1 N–H and O–H groups in total. The predicted molar refractivity (Wildman–Crippen MR) is 88.3 cm³/mol. The molecule has 3 amide bonds. The van der Waals surface area contributed by atoms with Gasteiger partial charge in [0.25, 0.3) is 0 Å². The van der Waals surface area contributed by atoms with Crippen LogP contribution in [0.1, 0.15) is 19.3 Å². The van der Waals surface area contributed by atoms with Gasteiger partial charge in [0.15, 0.2) is 0 Å². The molecule has 0 unspecified atom stereocenters. The molecule has 1 saturated heterocycles. The zero-order valence-corrected chi connectivity index (χ0v) is 13.5. The maximum Gasteiger partial charge on any atom is 0.233 e. The highest BCUT2D eigenvalue weighted by Gasteiger charge is 2.46. The van der Waals surface area contributed by atoms with Crippen LogP contribution < -0.4 is 10.1 Å². The number of ether oxygens (including phenoxy) is 1. The molecule has 0 aromatic heterocycles. The van der Waals surface area contributed by atoms with E-state index >= 15 is 0 Å². The average Bonchev–Trinajstić information content (AvgIpc) is 2.84. The molecule has 2 aliphatic rings. The second-order valence-electron chi connectivity index (χ2n) is 6.01. The summed E-state index contributed by atoms with van der Waals surface area (Å²) in [5.41, 5.74) is 0.622. The molecule has 6 nitrogen and oxygen atoms in total. The van der Waals surface area contributed by atoms with E-state index < -0.39 is 0 Å². The zero-order chi connectivity index (χ0) is 17.1. The molecule has 0 bridgehead atoms. The molecule has 1 aromatic carbocycles. The van der Waals surface area contributed by atoms with Crippen LogP contribution in [-0.4, -0.2) is 36.3 Å². The molecule has 1 aromatic rings. The van der Waals surface area contributed by atoms with Crippen molar-refractivity contribution in [1.82, 2.24) is 4.90 Å². The van der Waals surface area contributed by atoms with Gasteiger partial charge in [-0.25, -0.2) is 0 Å². The molecule has 126 valence electrons. The van der Waals surface area contributed by atoms with Crippen molar-refractivity contribution in [3.8, 4) is 5.75 Å². The Hall–Kier alpha value is -2.63. The van der Waals surface area contributed by atoms with Crippen molar-refractivity contribution >= 4 is 23.4 Å². The normalized spacial score (nSPS) is 22.5. The molecule has 3 rings (SSSR count). The third-order valence-corrected chi connectivity index (χ3v) is 4.51. The molecular formula is C18H20N2O4. The van der Waals surface area contributed by atoms with Crippen LogP contribution >= 0.6 is 0 Å². The van der Waals surface area contributed by atoms with E-state index in [-0.39, 0.29) is 42.5 Å². The summed E-state index contributed by atoms with van der Waals surface area (Å²) in [5, 5.41) is 2.75. The van der Waals surface area contributed by atoms with Crippen LogP contribution in [0.3, 0.4) is 0 Å². The van der Waals surface area contributed by atoms with Gasteiger partial charge in [-0.2, -0.15) is 0 Å². The first-order chi connectivity index (χ1) is 11.6. The van der Waals surface area contributed by atoms with Gasteiger partial charge in [-0.3, -0.25) is 19.3 Å². The number of methoxy groups -OCH3 is 1. The Bertz CT molecular complexity index is 672. The van der Waals surface area contributed by atoms with E-state index in [2.05, 4.69) is 5.32 Å². The van der Waals surface area contributed by atoms with Gasteiger partial charge >= 0.3 is 0 Å². The molecule has 1 aliphatic heterocycles. The molecule has 0 saturated carbocycles. The highest BCUT2D eigenvalue weighted by molar-refractivity contribution is 6.05. The minimum absolute atomic E-state index is 0.0849. The maximum absolute atomic E-state index is 12.3. The predicted octanol–water partition coefficient (Wildman–Crippen LogP) is 1.97. The first-order valence-corrected chi connectivity index (χ1v) is 8.04. The van der Waals surface area contributed by atoms with Crippen LogP contribution in [0.25, 0.3) is 0 Å². The summed E-state index contributed by atoms with van der Waals surface area (Å²) in [6, 6.07) is 7.03. The van der Waals surface area contributed by atoms with Gasteiger partial charge in [0, 0.05) is 24.7 Å². The van der Waals surface area contributed by atoms with Gasteiger partial charge < -0.3 is 10.1 Å². The van der Waals surface area contributed by atoms with E-state index in [0.29, 0.717) is 24.3 Å². The van der Waals surface area contributed by atoms with E-state index in [0.717, 1.165) is 0 Å². The van der Waals surface area contributed by atoms with Gasteiger partial charge in [-0.05, 0) is 25.0 Å². The van der Waals surface area contributed by atoms with Gasteiger partial charge in [-0.15, -0.1) is 0 Å². The molecule has 0 radical (unpaired) electrons. The Morgan fingerprint density at radius 1 is 1.21 bits per heavy atom. The SMILES string of the molecule is COc1cccc(NC(=O)CCN2C(=O)[C@@H]3CC=CC[C@H]3C2=O)c1.